The number of hydrogen-bond acceptors (Lipinski definition) is 2. The van der Waals surface area contributed by atoms with Gasteiger partial charge in [-0.25, -0.2) is 0 Å². The molecule has 6 unspecified atom stereocenters. The first-order valence-electron chi connectivity index (χ1n) is 6.29. The minimum atomic E-state index is -0.648. The van der Waals surface area contributed by atoms with Crippen molar-refractivity contribution in [3.05, 3.63) is 0 Å². The van der Waals surface area contributed by atoms with Crippen molar-refractivity contribution in [1.82, 2.24) is 0 Å². The first-order chi connectivity index (χ1) is 7.16. The molecule has 1 N–H and O–H groups in total. The summed E-state index contributed by atoms with van der Waals surface area (Å²) in [6.45, 7) is 1.89. The van der Waals surface area contributed by atoms with E-state index in [0.29, 0.717) is 5.92 Å². The van der Waals surface area contributed by atoms with Crippen LogP contribution in [-0.4, -0.2) is 10.7 Å². The molecule has 6 atom stereocenters. The van der Waals surface area contributed by atoms with Gasteiger partial charge in [0.1, 0.15) is 0 Å². The molecule has 0 aromatic heterocycles. The Labute approximate surface area is 91.3 Å². The van der Waals surface area contributed by atoms with Crippen LogP contribution < -0.4 is 0 Å². The standard InChI is InChI=1S/C13H19NO/c1-8(7-14)13(15)6-9-5-12(13)11-4-2-3-10(9)11/h8-12,15H,2-6H2,1H3. The molecule has 0 amide bonds. The number of fused-ring (bicyclic) bond motifs is 5. The van der Waals surface area contributed by atoms with Crippen LogP contribution in [0.25, 0.3) is 0 Å². The molecule has 3 aliphatic carbocycles. The molecule has 2 bridgehead atoms. The highest BCUT2D eigenvalue weighted by Crippen LogP contribution is 2.63. The van der Waals surface area contributed by atoms with Gasteiger partial charge in [-0.2, -0.15) is 5.26 Å². The lowest BCUT2D eigenvalue weighted by atomic mass is 9.68. The van der Waals surface area contributed by atoms with Gasteiger partial charge in [-0.3, -0.25) is 0 Å². The summed E-state index contributed by atoms with van der Waals surface area (Å²) >= 11 is 0. The van der Waals surface area contributed by atoms with Gasteiger partial charge >= 0.3 is 0 Å². The minimum absolute atomic E-state index is 0.186. The molecule has 0 spiro atoms. The summed E-state index contributed by atoms with van der Waals surface area (Å²) in [5.74, 6) is 2.60. The van der Waals surface area contributed by atoms with Gasteiger partial charge in [0.2, 0.25) is 0 Å². The molecular formula is C13H19NO. The normalized spacial score (nSPS) is 53.9. The van der Waals surface area contributed by atoms with E-state index < -0.39 is 5.60 Å². The van der Waals surface area contributed by atoms with E-state index in [1.165, 1.54) is 25.7 Å². The van der Waals surface area contributed by atoms with E-state index in [2.05, 4.69) is 6.07 Å². The second-order valence-electron chi connectivity index (χ2n) is 5.91. The predicted molar refractivity (Wildman–Crippen MR) is 56.8 cm³/mol. The SMILES string of the molecule is CC(C#N)C1(O)CC2CC1C1CCCC21. The van der Waals surface area contributed by atoms with E-state index in [9.17, 15) is 5.11 Å². The third kappa shape index (κ3) is 1.08. The van der Waals surface area contributed by atoms with Crippen LogP contribution in [0.4, 0.5) is 0 Å². The van der Waals surface area contributed by atoms with Gasteiger partial charge < -0.3 is 5.11 Å². The fourth-order valence-corrected chi connectivity index (χ4v) is 4.77. The Bertz CT molecular complexity index is 321. The van der Waals surface area contributed by atoms with Crippen molar-refractivity contribution >= 4 is 0 Å². The van der Waals surface area contributed by atoms with Crippen molar-refractivity contribution in [2.45, 2.75) is 44.6 Å². The lowest BCUT2D eigenvalue weighted by molar-refractivity contribution is -0.0703. The molecule has 3 fully saturated rings. The van der Waals surface area contributed by atoms with Gasteiger partial charge in [-0.1, -0.05) is 6.42 Å². The van der Waals surface area contributed by atoms with Crippen LogP contribution in [0.15, 0.2) is 0 Å². The second kappa shape index (κ2) is 2.98. The number of rotatable bonds is 1. The highest BCUT2D eigenvalue weighted by molar-refractivity contribution is 5.14. The smallest absolute Gasteiger partial charge is 0.0836 e. The van der Waals surface area contributed by atoms with Crippen LogP contribution in [0, 0.1) is 40.9 Å². The third-order valence-electron chi connectivity index (χ3n) is 5.48. The largest absolute Gasteiger partial charge is 0.388 e. The molecule has 0 saturated heterocycles. The van der Waals surface area contributed by atoms with E-state index in [-0.39, 0.29) is 5.92 Å². The summed E-state index contributed by atoms with van der Waals surface area (Å²) in [5.41, 5.74) is -0.648. The molecule has 3 saturated carbocycles. The Morgan fingerprint density at radius 2 is 2.13 bits per heavy atom. The van der Waals surface area contributed by atoms with E-state index >= 15 is 0 Å². The number of nitrogens with zero attached hydrogens (tertiary/aromatic N) is 1. The molecule has 82 valence electrons. The molecule has 3 rings (SSSR count). The molecule has 15 heavy (non-hydrogen) atoms. The number of aliphatic hydroxyl groups is 1. The average Bonchev–Trinajstić information content (AvgIpc) is 2.85. The van der Waals surface area contributed by atoms with E-state index in [0.717, 1.165) is 24.2 Å². The maximum Gasteiger partial charge on any atom is 0.0836 e. The van der Waals surface area contributed by atoms with E-state index in [4.69, 9.17) is 5.26 Å². The summed E-state index contributed by atoms with van der Waals surface area (Å²) in [6, 6.07) is 2.26. The van der Waals surface area contributed by atoms with Crippen LogP contribution >= 0.6 is 0 Å². The highest BCUT2D eigenvalue weighted by Gasteiger charge is 2.61. The Morgan fingerprint density at radius 1 is 1.40 bits per heavy atom. The van der Waals surface area contributed by atoms with E-state index in [1.807, 2.05) is 6.92 Å². The number of hydrogen-bond donors (Lipinski definition) is 1. The zero-order valence-corrected chi connectivity index (χ0v) is 9.32. The average molecular weight is 205 g/mol. The van der Waals surface area contributed by atoms with Crippen LogP contribution in [0.1, 0.15) is 39.0 Å². The molecule has 0 aliphatic heterocycles. The van der Waals surface area contributed by atoms with Crippen molar-refractivity contribution in [2.24, 2.45) is 29.6 Å². The van der Waals surface area contributed by atoms with Gasteiger partial charge in [0.15, 0.2) is 0 Å². The van der Waals surface area contributed by atoms with Crippen molar-refractivity contribution in [1.29, 1.82) is 5.26 Å². The van der Waals surface area contributed by atoms with Gasteiger partial charge in [0, 0.05) is 0 Å². The predicted octanol–water partition coefficient (Wildman–Crippen LogP) is 2.33. The summed E-state index contributed by atoms with van der Waals surface area (Å²) in [7, 11) is 0. The second-order valence-corrected chi connectivity index (χ2v) is 5.91. The zero-order chi connectivity index (χ0) is 10.6. The summed E-state index contributed by atoms with van der Waals surface area (Å²) < 4.78 is 0. The van der Waals surface area contributed by atoms with E-state index in [1.54, 1.807) is 0 Å². The molecule has 3 aliphatic rings. The highest BCUT2D eigenvalue weighted by atomic mass is 16.3. The summed E-state index contributed by atoms with van der Waals surface area (Å²) in [6.07, 6.45) is 6.11. The first kappa shape index (κ1) is 9.66. The fourth-order valence-electron chi connectivity index (χ4n) is 4.77. The monoisotopic (exact) mass is 205 g/mol. The van der Waals surface area contributed by atoms with Crippen molar-refractivity contribution in [2.75, 3.05) is 0 Å². The summed E-state index contributed by atoms with van der Waals surface area (Å²) in [5, 5.41) is 19.7. The van der Waals surface area contributed by atoms with Gasteiger partial charge in [0.25, 0.3) is 0 Å². The third-order valence-corrected chi connectivity index (χ3v) is 5.48. The molecule has 2 heteroatoms. The quantitative estimate of drug-likeness (QED) is 0.714. The van der Waals surface area contributed by atoms with Crippen LogP contribution in [-0.2, 0) is 0 Å². The van der Waals surface area contributed by atoms with Crippen molar-refractivity contribution in [3.63, 3.8) is 0 Å². The van der Waals surface area contributed by atoms with Gasteiger partial charge in [-0.15, -0.1) is 0 Å². The number of nitriles is 1. The maximum atomic E-state index is 10.7. The van der Waals surface area contributed by atoms with Crippen molar-refractivity contribution in [3.8, 4) is 6.07 Å². The molecular weight excluding hydrogens is 186 g/mol. The Morgan fingerprint density at radius 3 is 2.87 bits per heavy atom. The van der Waals surface area contributed by atoms with Crippen molar-refractivity contribution < 1.29 is 5.11 Å². The van der Waals surface area contributed by atoms with Crippen LogP contribution in [0.5, 0.6) is 0 Å². The minimum Gasteiger partial charge on any atom is -0.388 e. The fraction of sp³-hybridized carbons (Fsp3) is 0.923. The van der Waals surface area contributed by atoms with Gasteiger partial charge in [0.05, 0.1) is 17.6 Å². The molecule has 2 nitrogen and oxygen atoms in total. The first-order valence-corrected chi connectivity index (χ1v) is 6.29. The lowest BCUT2D eigenvalue weighted by Gasteiger charge is -2.40. The Balaban J connectivity index is 1.89. The van der Waals surface area contributed by atoms with Crippen LogP contribution in [0.2, 0.25) is 0 Å². The Kier molecular flexibility index (Phi) is 1.92. The van der Waals surface area contributed by atoms with Gasteiger partial charge in [-0.05, 0) is 56.3 Å². The molecule has 0 radical (unpaired) electrons. The molecule has 0 aromatic rings. The zero-order valence-electron chi connectivity index (χ0n) is 9.32. The Hall–Kier alpha value is -0.550. The summed E-state index contributed by atoms with van der Waals surface area (Å²) in [4.78, 5) is 0. The maximum absolute atomic E-state index is 10.7. The molecule has 0 aromatic carbocycles. The lowest BCUT2D eigenvalue weighted by Crippen LogP contribution is -2.46. The topological polar surface area (TPSA) is 44.0 Å². The molecule has 0 heterocycles. The van der Waals surface area contributed by atoms with Crippen LogP contribution in [0.3, 0.4) is 0 Å².